The van der Waals surface area contributed by atoms with E-state index in [0.717, 1.165) is 5.56 Å². The Labute approximate surface area is 204 Å². The van der Waals surface area contributed by atoms with Gasteiger partial charge in [-0.05, 0) is 54.6 Å². The third-order valence-electron chi connectivity index (χ3n) is 5.14. The first kappa shape index (κ1) is 21.5. The molecular formula is C26H15Cl3N2O2. The standard InChI is InChI=1S/C26H15Cl3N2O2/c27-15-9-10-22(20(29)13-15)31-26(32)18-14-23(30-21-8-4-2-5-16(18)21)25-12-11-24(33-25)17-6-1-3-7-19(17)28/h1-14H,(H,31,32). The molecule has 2 aromatic heterocycles. The van der Waals surface area contributed by atoms with Gasteiger partial charge in [0.05, 0.1) is 26.8 Å². The molecule has 162 valence electrons. The summed E-state index contributed by atoms with van der Waals surface area (Å²) in [4.78, 5) is 17.9. The zero-order valence-electron chi connectivity index (χ0n) is 17.0. The smallest absolute Gasteiger partial charge is 0.256 e. The van der Waals surface area contributed by atoms with Gasteiger partial charge < -0.3 is 9.73 Å². The first-order chi connectivity index (χ1) is 16.0. The molecule has 33 heavy (non-hydrogen) atoms. The van der Waals surface area contributed by atoms with Crippen molar-refractivity contribution in [2.75, 3.05) is 5.32 Å². The van der Waals surface area contributed by atoms with Crippen LogP contribution in [-0.2, 0) is 0 Å². The van der Waals surface area contributed by atoms with Crippen LogP contribution in [0.3, 0.4) is 0 Å². The molecule has 5 aromatic rings. The van der Waals surface area contributed by atoms with Gasteiger partial charge in [0.25, 0.3) is 5.91 Å². The number of carbonyl (C=O) groups excluding carboxylic acids is 1. The van der Waals surface area contributed by atoms with Crippen molar-refractivity contribution in [3.8, 4) is 22.8 Å². The van der Waals surface area contributed by atoms with E-state index in [1.165, 1.54) is 0 Å². The predicted molar refractivity (Wildman–Crippen MR) is 134 cm³/mol. The van der Waals surface area contributed by atoms with Crippen molar-refractivity contribution in [2.45, 2.75) is 0 Å². The Morgan fingerprint density at radius 1 is 0.788 bits per heavy atom. The summed E-state index contributed by atoms with van der Waals surface area (Å²) in [5.74, 6) is 0.815. The number of carbonyl (C=O) groups is 1. The van der Waals surface area contributed by atoms with E-state index in [1.54, 1.807) is 30.3 Å². The van der Waals surface area contributed by atoms with Crippen LogP contribution in [0.15, 0.2) is 89.3 Å². The van der Waals surface area contributed by atoms with Crippen LogP contribution in [0.2, 0.25) is 15.1 Å². The Balaban J connectivity index is 1.57. The molecule has 0 spiro atoms. The van der Waals surface area contributed by atoms with Crippen LogP contribution < -0.4 is 5.32 Å². The van der Waals surface area contributed by atoms with Crippen molar-refractivity contribution >= 4 is 57.3 Å². The van der Waals surface area contributed by atoms with Crippen molar-refractivity contribution in [1.82, 2.24) is 4.98 Å². The maximum Gasteiger partial charge on any atom is 0.256 e. The number of hydrogen-bond acceptors (Lipinski definition) is 3. The fraction of sp³-hybridized carbons (Fsp3) is 0. The minimum absolute atomic E-state index is 0.322. The minimum atomic E-state index is -0.322. The maximum atomic E-state index is 13.2. The molecule has 1 amide bonds. The van der Waals surface area contributed by atoms with Crippen molar-refractivity contribution < 1.29 is 9.21 Å². The van der Waals surface area contributed by atoms with Gasteiger partial charge in [0.1, 0.15) is 11.5 Å². The summed E-state index contributed by atoms with van der Waals surface area (Å²) in [6, 6.07) is 25.1. The lowest BCUT2D eigenvalue weighted by Gasteiger charge is -2.11. The summed E-state index contributed by atoms with van der Waals surface area (Å²) in [6.45, 7) is 0. The number of fused-ring (bicyclic) bond motifs is 1. The van der Waals surface area contributed by atoms with Gasteiger partial charge in [-0.2, -0.15) is 0 Å². The average Bonchev–Trinajstić information content (AvgIpc) is 3.30. The van der Waals surface area contributed by atoms with Crippen molar-refractivity contribution in [2.24, 2.45) is 0 Å². The van der Waals surface area contributed by atoms with E-state index < -0.39 is 0 Å². The van der Waals surface area contributed by atoms with Crippen LogP contribution in [0, 0.1) is 0 Å². The molecule has 0 aliphatic rings. The first-order valence-electron chi connectivity index (χ1n) is 10.0. The molecule has 0 unspecified atom stereocenters. The summed E-state index contributed by atoms with van der Waals surface area (Å²) in [7, 11) is 0. The summed E-state index contributed by atoms with van der Waals surface area (Å²) < 4.78 is 6.06. The van der Waals surface area contributed by atoms with Crippen LogP contribution in [0.4, 0.5) is 5.69 Å². The lowest BCUT2D eigenvalue weighted by atomic mass is 10.1. The Hall–Kier alpha value is -3.31. The van der Waals surface area contributed by atoms with Gasteiger partial charge in [0.15, 0.2) is 5.76 Å². The second-order valence-electron chi connectivity index (χ2n) is 7.29. The highest BCUT2D eigenvalue weighted by molar-refractivity contribution is 6.37. The summed E-state index contributed by atoms with van der Waals surface area (Å²) >= 11 is 18.5. The predicted octanol–water partition coefficient (Wildman–Crippen LogP) is 8.37. The SMILES string of the molecule is O=C(Nc1ccc(Cl)cc1Cl)c1cc(-c2ccc(-c3ccccc3Cl)o2)nc2ccccc12. The molecule has 0 saturated carbocycles. The molecule has 4 nitrogen and oxygen atoms in total. The number of para-hydroxylation sites is 1. The number of amides is 1. The zero-order valence-corrected chi connectivity index (χ0v) is 19.2. The van der Waals surface area contributed by atoms with Crippen LogP contribution in [-0.4, -0.2) is 10.9 Å². The Morgan fingerprint density at radius 3 is 2.36 bits per heavy atom. The molecule has 7 heteroatoms. The Kier molecular flexibility index (Phi) is 5.81. The summed E-state index contributed by atoms with van der Waals surface area (Å²) in [6.07, 6.45) is 0. The monoisotopic (exact) mass is 492 g/mol. The van der Waals surface area contributed by atoms with Crippen LogP contribution in [0.5, 0.6) is 0 Å². The molecule has 0 aliphatic heterocycles. The second kappa shape index (κ2) is 8.91. The van der Waals surface area contributed by atoms with E-state index >= 15 is 0 Å². The number of rotatable bonds is 4. The quantitative estimate of drug-likeness (QED) is 0.273. The molecule has 0 aliphatic carbocycles. The maximum absolute atomic E-state index is 13.2. The number of halogens is 3. The molecule has 0 fully saturated rings. The van der Waals surface area contributed by atoms with Gasteiger partial charge >= 0.3 is 0 Å². The number of pyridine rings is 1. The molecule has 0 saturated heterocycles. The molecule has 0 radical (unpaired) electrons. The number of benzene rings is 3. The summed E-state index contributed by atoms with van der Waals surface area (Å²) in [5, 5.41) is 4.99. The van der Waals surface area contributed by atoms with Gasteiger partial charge in [0.2, 0.25) is 0 Å². The number of hydrogen-bond donors (Lipinski definition) is 1. The Morgan fingerprint density at radius 2 is 1.55 bits per heavy atom. The van der Waals surface area contributed by atoms with Gasteiger partial charge in [-0.15, -0.1) is 0 Å². The molecule has 3 aromatic carbocycles. The fourth-order valence-corrected chi connectivity index (χ4v) is 4.24. The van der Waals surface area contributed by atoms with E-state index in [-0.39, 0.29) is 5.91 Å². The van der Waals surface area contributed by atoms with Gasteiger partial charge in [-0.1, -0.05) is 65.1 Å². The highest BCUT2D eigenvalue weighted by atomic mass is 35.5. The third-order valence-corrected chi connectivity index (χ3v) is 6.02. The van der Waals surface area contributed by atoms with Gasteiger partial charge in [-0.25, -0.2) is 4.98 Å². The average molecular weight is 494 g/mol. The van der Waals surface area contributed by atoms with Crippen molar-refractivity contribution in [3.63, 3.8) is 0 Å². The highest BCUT2D eigenvalue weighted by Crippen LogP contribution is 2.34. The lowest BCUT2D eigenvalue weighted by molar-refractivity contribution is 0.102. The first-order valence-corrected chi connectivity index (χ1v) is 11.1. The second-order valence-corrected chi connectivity index (χ2v) is 8.55. The van der Waals surface area contributed by atoms with Crippen molar-refractivity contribution in [3.05, 3.63) is 106 Å². The van der Waals surface area contributed by atoms with E-state index in [0.29, 0.717) is 54.4 Å². The van der Waals surface area contributed by atoms with E-state index in [1.807, 2.05) is 54.6 Å². The topological polar surface area (TPSA) is 55.1 Å². The normalized spacial score (nSPS) is 11.0. The van der Waals surface area contributed by atoms with Crippen molar-refractivity contribution in [1.29, 1.82) is 0 Å². The van der Waals surface area contributed by atoms with Crippen LogP contribution >= 0.6 is 34.8 Å². The molecule has 0 atom stereocenters. The molecular weight excluding hydrogens is 479 g/mol. The Bertz CT molecular complexity index is 1510. The van der Waals surface area contributed by atoms with Gasteiger partial charge in [-0.3, -0.25) is 4.79 Å². The largest absolute Gasteiger partial charge is 0.454 e. The summed E-state index contributed by atoms with van der Waals surface area (Å²) in [5.41, 5.74) is 2.88. The molecule has 2 heterocycles. The van der Waals surface area contributed by atoms with Crippen LogP contribution in [0.1, 0.15) is 10.4 Å². The van der Waals surface area contributed by atoms with E-state index in [9.17, 15) is 4.79 Å². The number of nitrogens with zero attached hydrogens (tertiary/aromatic N) is 1. The fourth-order valence-electron chi connectivity index (χ4n) is 3.55. The number of anilines is 1. The zero-order chi connectivity index (χ0) is 22.9. The van der Waals surface area contributed by atoms with Crippen LogP contribution in [0.25, 0.3) is 33.7 Å². The van der Waals surface area contributed by atoms with E-state index in [2.05, 4.69) is 5.32 Å². The third kappa shape index (κ3) is 4.33. The molecule has 5 rings (SSSR count). The van der Waals surface area contributed by atoms with E-state index in [4.69, 9.17) is 44.2 Å². The van der Waals surface area contributed by atoms with Gasteiger partial charge in [0, 0.05) is 16.0 Å². The number of aromatic nitrogens is 1. The number of furan rings is 1. The molecule has 1 N–H and O–H groups in total. The minimum Gasteiger partial charge on any atom is -0.454 e. The lowest BCUT2D eigenvalue weighted by Crippen LogP contribution is -2.13. The molecule has 0 bridgehead atoms. The number of nitrogens with one attached hydrogen (secondary N) is 1. The highest BCUT2D eigenvalue weighted by Gasteiger charge is 2.17.